The zero-order chi connectivity index (χ0) is 15.5. The van der Waals surface area contributed by atoms with E-state index in [9.17, 15) is 23.4 Å². The Balaban J connectivity index is 2.17. The molecule has 0 saturated carbocycles. The first kappa shape index (κ1) is 16.6. The second kappa shape index (κ2) is 6.57. The fourth-order valence-electron chi connectivity index (χ4n) is 2.83. The Morgan fingerprint density at radius 3 is 2.57 bits per heavy atom. The number of aliphatic hydroxyl groups excluding tert-OH is 1. The molecule has 0 aliphatic carbocycles. The summed E-state index contributed by atoms with van der Waals surface area (Å²) in [5.41, 5.74) is -0.961. The monoisotopic (exact) mass is 322 g/mol. The molecule has 2 saturated heterocycles. The van der Waals surface area contributed by atoms with Gasteiger partial charge in [0, 0.05) is 19.8 Å². The van der Waals surface area contributed by atoms with Crippen LogP contribution in [0.25, 0.3) is 0 Å². The van der Waals surface area contributed by atoms with Crippen LogP contribution in [0.15, 0.2) is 0 Å². The van der Waals surface area contributed by atoms with Crippen LogP contribution in [0.2, 0.25) is 0 Å². The maximum atomic E-state index is 12.5. The van der Waals surface area contributed by atoms with Crippen molar-refractivity contribution in [3.05, 3.63) is 0 Å². The van der Waals surface area contributed by atoms with Gasteiger partial charge < -0.3 is 14.9 Å². The number of aliphatic carboxylic acids is 1. The number of nitrogens with one attached hydrogen (secondary N) is 1. The summed E-state index contributed by atoms with van der Waals surface area (Å²) in [6, 6.07) is -1.04. The zero-order valence-corrected chi connectivity index (χ0v) is 12.6. The quantitative estimate of drug-likeness (QED) is 0.616. The Morgan fingerprint density at radius 2 is 2.00 bits per heavy atom. The molecule has 0 aromatic carbocycles. The Hall–Kier alpha value is -0.740. The van der Waals surface area contributed by atoms with Gasteiger partial charge in [-0.2, -0.15) is 17.4 Å². The minimum absolute atomic E-state index is 0.185. The van der Waals surface area contributed by atoms with Crippen LogP contribution in [-0.2, 0) is 19.7 Å². The van der Waals surface area contributed by atoms with Gasteiger partial charge in [0.05, 0.1) is 12.1 Å². The smallest absolute Gasteiger partial charge is 0.322 e. The van der Waals surface area contributed by atoms with E-state index in [1.807, 2.05) is 0 Å². The lowest BCUT2D eigenvalue weighted by atomic mass is 9.93. The Kier molecular flexibility index (Phi) is 5.20. The summed E-state index contributed by atoms with van der Waals surface area (Å²) >= 11 is 0. The van der Waals surface area contributed by atoms with Crippen molar-refractivity contribution in [2.45, 2.75) is 43.7 Å². The molecule has 0 radical (unpaired) electrons. The van der Waals surface area contributed by atoms with Crippen LogP contribution in [0.3, 0.4) is 0 Å². The van der Waals surface area contributed by atoms with E-state index >= 15 is 0 Å². The topological polar surface area (TPSA) is 116 Å². The van der Waals surface area contributed by atoms with Crippen molar-refractivity contribution < 1.29 is 28.2 Å². The number of aliphatic hydroxyl groups is 1. The van der Waals surface area contributed by atoms with Crippen LogP contribution >= 0.6 is 0 Å². The molecule has 2 heterocycles. The molecule has 2 rings (SSSR count). The first-order valence-electron chi connectivity index (χ1n) is 7.12. The summed E-state index contributed by atoms with van der Waals surface area (Å²) in [6.45, 7) is 0.586. The molecular formula is C12H22N2O6S. The second-order valence-corrected chi connectivity index (χ2v) is 7.24. The van der Waals surface area contributed by atoms with Crippen molar-refractivity contribution in [2.75, 3.05) is 26.4 Å². The molecule has 9 heteroatoms. The average Bonchev–Trinajstić information content (AvgIpc) is 2.47. The molecule has 2 aliphatic rings. The van der Waals surface area contributed by atoms with Crippen molar-refractivity contribution in [1.29, 1.82) is 0 Å². The average molecular weight is 322 g/mol. The lowest BCUT2D eigenvalue weighted by Crippen LogP contribution is -2.61. The van der Waals surface area contributed by atoms with E-state index in [-0.39, 0.29) is 13.2 Å². The number of hydrogen-bond donors (Lipinski definition) is 3. The molecule has 1 unspecified atom stereocenters. The van der Waals surface area contributed by atoms with E-state index in [0.717, 1.165) is 4.31 Å². The number of rotatable bonds is 5. The van der Waals surface area contributed by atoms with E-state index in [1.54, 1.807) is 0 Å². The van der Waals surface area contributed by atoms with Gasteiger partial charge in [-0.15, -0.1) is 0 Å². The lowest BCUT2D eigenvalue weighted by molar-refractivity contribution is -0.142. The summed E-state index contributed by atoms with van der Waals surface area (Å²) in [5.74, 6) is -1.13. The van der Waals surface area contributed by atoms with Crippen molar-refractivity contribution in [3.8, 4) is 0 Å². The number of hydrogen-bond acceptors (Lipinski definition) is 5. The van der Waals surface area contributed by atoms with Crippen LogP contribution in [0.5, 0.6) is 0 Å². The van der Waals surface area contributed by atoms with Gasteiger partial charge in [0.1, 0.15) is 6.04 Å². The van der Waals surface area contributed by atoms with Crippen molar-refractivity contribution in [1.82, 2.24) is 9.03 Å². The zero-order valence-electron chi connectivity index (χ0n) is 11.8. The largest absolute Gasteiger partial charge is 0.480 e. The van der Waals surface area contributed by atoms with E-state index in [2.05, 4.69) is 4.72 Å². The van der Waals surface area contributed by atoms with E-state index in [1.165, 1.54) is 0 Å². The van der Waals surface area contributed by atoms with Gasteiger partial charge in [0.25, 0.3) is 10.2 Å². The van der Waals surface area contributed by atoms with Crippen LogP contribution in [0, 0.1) is 0 Å². The van der Waals surface area contributed by atoms with Crippen molar-refractivity contribution >= 4 is 16.2 Å². The molecule has 8 nitrogen and oxygen atoms in total. The normalized spacial score (nSPS) is 27.4. The molecule has 0 amide bonds. The fourth-order valence-corrected chi connectivity index (χ4v) is 4.66. The third-order valence-corrected chi connectivity index (χ3v) is 5.89. The maximum Gasteiger partial charge on any atom is 0.322 e. The van der Waals surface area contributed by atoms with Crippen LogP contribution in [0.4, 0.5) is 0 Å². The summed E-state index contributed by atoms with van der Waals surface area (Å²) in [6.07, 6.45) is 2.38. The second-order valence-electron chi connectivity index (χ2n) is 5.62. The number of carbonyl (C=O) groups is 1. The SMILES string of the molecule is O=C(O)C1CCCCN1S(=O)(=O)NC1(CO)CCOCC1. The van der Waals surface area contributed by atoms with Crippen LogP contribution in [-0.4, -0.2) is 66.9 Å². The Morgan fingerprint density at radius 1 is 1.33 bits per heavy atom. The molecule has 2 fully saturated rings. The summed E-state index contributed by atoms with van der Waals surface area (Å²) in [5, 5.41) is 18.8. The maximum absolute atomic E-state index is 12.5. The highest BCUT2D eigenvalue weighted by Gasteiger charge is 2.42. The minimum Gasteiger partial charge on any atom is -0.480 e. The highest BCUT2D eigenvalue weighted by Crippen LogP contribution is 2.25. The Bertz CT molecular complexity index is 474. The number of nitrogens with zero attached hydrogens (tertiary/aromatic N) is 1. The summed E-state index contributed by atoms with van der Waals surface area (Å²) in [7, 11) is -3.96. The molecule has 2 aliphatic heterocycles. The van der Waals surface area contributed by atoms with Crippen molar-refractivity contribution in [2.24, 2.45) is 0 Å². The predicted octanol–water partition coefficient (Wildman–Crippen LogP) is -0.699. The molecule has 0 aromatic rings. The Labute approximate surface area is 124 Å². The number of carboxylic acids is 1. The molecule has 0 aromatic heterocycles. The van der Waals surface area contributed by atoms with Gasteiger partial charge in [-0.25, -0.2) is 0 Å². The number of ether oxygens (including phenoxy) is 1. The van der Waals surface area contributed by atoms with Crippen LogP contribution in [0.1, 0.15) is 32.1 Å². The standard InChI is InChI=1S/C12H22N2O6S/c15-9-12(4-7-20-8-5-12)13-21(18,19)14-6-2-1-3-10(14)11(16)17/h10,13,15H,1-9H2,(H,16,17). The van der Waals surface area contributed by atoms with Gasteiger partial charge in [0.15, 0.2) is 0 Å². The molecule has 0 bridgehead atoms. The van der Waals surface area contributed by atoms with Crippen LogP contribution < -0.4 is 4.72 Å². The van der Waals surface area contributed by atoms with E-state index < -0.39 is 27.8 Å². The fraction of sp³-hybridized carbons (Fsp3) is 0.917. The minimum atomic E-state index is -3.96. The molecule has 3 N–H and O–H groups in total. The van der Waals surface area contributed by atoms with Gasteiger partial charge >= 0.3 is 5.97 Å². The first-order valence-corrected chi connectivity index (χ1v) is 8.56. The summed E-state index contributed by atoms with van der Waals surface area (Å²) < 4.78 is 33.8. The molecule has 1 atom stereocenters. The van der Waals surface area contributed by atoms with Gasteiger partial charge in [-0.3, -0.25) is 4.79 Å². The van der Waals surface area contributed by atoms with E-state index in [0.29, 0.717) is 45.3 Å². The number of piperidine rings is 1. The van der Waals surface area contributed by atoms with Crippen molar-refractivity contribution in [3.63, 3.8) is 0 Å². The van der Waals surface area contributed by atoms with Gasteiger partial charge in [-0.05, 0) is 32.1 Å². The number of carboxylic acid groups (broad SMARTS) is 1. The van der Waals surface area contributed by atoms with E-state index in [4.69, 9.17) is 4.74 Å². The molecular weight excluding hydrogens is 300 g/mol. The molecule has 0 spiro atoms. The summed E-state index contributed by atoms with van der Waals surface area (Å²) in [4.78, 5) is 11.2. The third kappa shape index (κ3) is 3.72. The molecule has 21 heavy (non-hydrogen) atoms. The highest BCUT2D eigenvalue weighted by atomic mass is 32.2. The van der Waals surface area contributed by atoms with Gasteiger partial charge in [-0.1, -0.05) is 0 Å². The third-order valence-electron chi connectivity index (χ3n) is 4.15. The lowest BCUT2D eigenvalue weighted by Gasteiger charge is -2.39. The predicted molar refractivity (Wildman–Crippen MR) is 73.9 cm³/mol. The highest BCUT2D eigenvalue weighted by molar-refractivity contribution is 7.87. The first-order chi connectivity index (χ1) is 9.90. The van der Waals surface area contributed by atoms with Gasteiger partial charge in [0.2, 0.25) is 0 Å². The molecule has 122 valence electrons.